The number of aliphatic carboxylic acids is 1. The van der Waals surface area contributed by atoms with Gasteiger partial charge in [-0.15, -0.1) is 11.8 Å². The fourth-order valence-electron chi connectivity index (χ4n) is 4.06. The number of amides is 2. The molecule has 0 unspecified atom stereocenters. The van der Waals surface area contributed by atoms with E-state index in [0.717, 1.165) is 17.2 Å². The average molecular weight is 548 g/mol. The highest BCUT2D eigenvalue weighted by Gasteiger charge is 2.54. The molecule has 4 N–H and O–H groups in total. The molecule has 16 heteroatoms. The van der Waals surface area contributed by atoms with E-state index >= 15 is 0 Å². The van der Waals surface area contributed by atoms with Gasteiger partial charge in [-0.2, -0.15) is 9.36 Å². The second-order valence-corrected chi connectivity index (χ2v) is 9.82. The van der Waals surface area contributed by atoms with Crippen LogP contribution in [-0.4, -0.2) is 77.7 Å². The standard InChI is InChI=1S/C21H19FN8O5S2/c22-4-8-35-26-13(16-25-21(23)37-27-16)17(31)24-14-18(32)30-15(20(33)34)11(10-36-19(14)30)9-29-7-6-28-5-2-1-3-12(28)29/h1-3,5-7,14,19H,4,8-10H2,(H3-,23,24,25,27,31,33,34)/p+1/b26-13-/t14-,19-/m1/s1. The minimum absolute atomic E-state index is 0.0763. The summed E-state index contributed by atoms with van der Waals surface area (Å²) in [5, 5.41) is 15.6. The number of pyridine rings is 1. The van der Waals surface area contributed by atoms with Gasteiger partial charge in [-0.3, -0.25) is 14.5 Å². The molecule has 3 aromatic rings. The van der Waals surface area contributed by atoms with E-state index in [-0.39, 0.29) is 28.9 Å². The molecule has 3 aromatic heterocycles. The highest BCUT2D eigenvalue weighted by molar-refractivity contribution is 8.00. The predicted molar refractivity (Wildman–Crippen MR) is 130 cm³/mol. The molecule has 2 aliphatic heterocycles. The summed E-state index contributed by atoms with van der Waals surface area (Å²) in [5.41, 5.74) is 6.54. The number of oxime groups is 1. The van der Waals surface area contributed by atoms with Crippen molar-refractivity contribution < 1.29 is 33.3 Å². The molecule has 37 heavy (non-hydrogen) atoms. The highest BCUT2D eigenvalue weighted by atomic mass is 32.2. The Hall–Kier alpha value is -4.05. The number of nitrogens with zero attached hydrogens (tertiary/aromatic N) is 6. The number of β-lactam (4-membered cyclic amide) rings is 1. The molecule has 0 aliphatic carbocycles. The highest BCUT2D eigenvalue weighted by Crippen LogP contribution is 2.40. The molecule has 0 saturated carbocycles. The molecule has 2 atom stereocenters. The van der Waals surface area contributed by atoms with E-state index < -0.39 is 42.5 Å². The van der Waals surface area contributed by atoms with Gasteiger partial charge in [-0.05, 0) is 6.07 Å². The summed E-state index contributed by atoms with van der Waals surface area (Å²) < 4.78 is 20.2. The normalized spacial score (nSPS) is 19.5. The Morgan fingerprint density at radius 1 is 1.38 bits per heavy atom. The van der Waals surface area contributed by atoms with Crippen LogP contribution in [0.4, 0.5) is 9.52 Å². The number of imidazole rings is 1. The number of hydrogen-bond donors (Lipinski definition) is 3. The lowest BCUT2D eigenvalue weighted by Crippen LogP contribution is -2.71. The first kappa shape index (κ1) is 24.6. The first-order chi connectivity index (χ1) is 17.9. The molecule has 0 spiro atoms. The fourth-order valence-corrected chi connectivity index (χ4v) is 5.83. The van der Waals surface area contributed by atoms with Crippen LogP contribution in [0.5, 0.6) is 0 Å². The van der Waals surface area contributed by atoms with E-state index in [1.807, 2.05) is 45.8 Å². The number of nitrogens with two attached hydrogens (primary N) is 1. The number of carboxylic acids is 1. The van der Waals surface area contributed by atoms with E-state index in [4.69, 9.17) is 10.6 Å². The van der Waals surface area contributed by atoms with E-state index in [2.05, 4.69) is 19.8 Å². The number of halogens is 1. The SMILES string of the molecule is Nc1nc(/C(=N/OCCF)C(=O)N[C@@H]2C(=O)N3C(C(=O)O)=C(C[n+]4ccn5ccccc54)CS[C@H]23)ns1. The summed E-state index contributed by atoms with van der Waals surface area (Å²) in [4.78, 5) is 48.1. The average Bonchev–Trinajstić information content (AvgIpc) is 3.50. The number of carbonyl (C=O) groups is 3. The second-order valence-electron chi connectivity index (χ2n) is 7.93. The van der Waals surface area contributed by atoms with Gasteiger partial charge in [0.05, 0.1) is 6.20 Å². The van der Waals surface area contributed by atoms with Gasteiger partial charge in [0.2, 0.25) is 11.5 Å². The molecule has 13 nitrogen and oxygen atoms in total. The maximum atomic E-state index is 13.0. The molecule has 0 aromatic carbocycles. The Kier molecular flexibility index (Phi) is 6.75. The van der Waals surface area contributed by atoms with Gasteiger partial charge in [0, 0.05) is 28.9 Å². The molecule has 2 amide bonds. The van der Waals surface area contributed by atoms with Crippen molar-refractivity contribution in [2.75, 3.05) is 24.8 Å². The summed E-state index contributed by atoms with van der Waals surface area (Å²) in [5.74, 6) is -2.44. The van der Waals surface area contributed by atoms with Gasteiger partial charge >= 0.3 is 5.97 Å². The van der Waals surface area contributed by atoms with Crippen molar-refractivity contribution in [3.8, 4) is 0 Å². The minimum Gasteiger partial charge on any atom is -0.477 e. The number of fused-ring (bicyclic) bond motifs is 2. The molecule has 0 bridgehead atoms. The maximum absolute atomic E-state index is 13.0. The largest absolute Gasteiger partial charge is 0.477 e. The summed E-state index contributed by atoms with van der Waals surface area (Å²) in [6, 6.07) is 4.66. The second kappa shape index (κ2) is 10.1. The lowest BCUT2D eigenvalue weighted by Gasteiger charge is -2.49. The number of anilines is 1. The van der Waals surface area contributed by atoms with Crippen LogP contribution in [0, 0.1) is 0 Å². The number of carboxylic acid groups (broad SMARTS) is 1. The third-order valence-corrected chi connectivity index (χ3v) is 7.54. The van der Waals surface area contributed by atoms with E-state index in [1.165, 1.54) is 16.7 Å². The van der Waals surface area contributed by atoms with Crippen LogP contribution in [0.1, 0.15) is 5.82 Å². The Balaban J connectivity index is 1.36. The monoisotopic (exact) mass is 547 g/mol. The van der Waals surface area contributed by atoms with Gasteiger partial charge in [-0.25, -0.2) is 18.2 Å². The quantitative estimate of drug-likeness (QED) is 0.108. The van der Waals surface area contributed by atoms with Gasteiger partial charge in [-0.1, -0.05) is 11.2 Å². The zero-order valence-corrected chi connectivity index (χ0v) is 20.6. The number of aromatic nitrogens is 4. The lowest BCUT2D eigenvalue weighted by atomic mass is 10.0. The summed E-state index contributed by atoms with van der Waals surface area (Å²) in [6.07, 6.45) is 5.58. The molecule has 5 heterocycles. The number of nitrogen functional groups attached to an aromatic ring is 1. The number of rotatable bonds is 9. The topological polar surface area (TPSA) is 168 Å². The molecule has 0 radical (unpaired) electrons. The van der Waals surface area contributed by atoms with Crippen LogP contribution in [0.2, 0.25) is 0 Å². The zero-order valence-electron chi connectivity index (χ0n) is 19.0. The van der Waals surface area contributed by atoms with E-state index in [0.29, 0.717) is 11.3 Å². The Morgan fingerprint density at radius 3 is 2.95 bits per heavy atom. The van der Waals surface area contributed by atoms with Crippen molar-refractivity contribution in [1.82, 2.24) is 24.0 Å². The van der Waals surface area contributed by atoms with Crippen LogP contribution in [-0.2, 0) is 25.8 Å². The number of thioether (sulfide) groups is 1. The van der Waals surface area contributed by atoms with Crippen molar-refractivity contribution in [3.63, 3.8) is 0 Å². The van der Waals surface area contributed by atoms with Crippen LogP contribution >= 0.6 is 23.3 Å². The summed E-state index contributed by atoms with van der Waals surface area (Å²) in [6.45, 7) is -0.942. The third kappa shape index (κ3) is 4.60. The Morgan fingerprint density at radius 2 is 2.22 bits per heavy atom. The summed E-state index contributed by atoms with van der Waals surface area (Å²) in [7, 11) is 0. The molecule has 1 saturated heterocycles. The predicted octanol–water partition coefficient (Wildman–Crippen LogP) is -0.210. The van der Waals surface area contributed by atoms with Gasteiger partial charge in [0.25, 0.3) is 17.5 Å². The van der Waals surface area contributed by atoms with Crippen molar-refractivity contribution in [2.45, 2.75) is 18.0 Å². The van der Waals surface area contributed by atoms with Gasteiger partial charge < -0.3 is 21.0 Å². The van der Waals surface area contributed by atoms with Crippen molar-refractivity contribution in [1.29, 1.82) is 0 Å². The van der Waals surface area contributed by atoms with E-state index in [1.54, 1.807) is 0 Å². The van der Waals surface area contributed by atoms with Crippen LogP contribution in [0.25, 0.3) is 5.65 Å². The lowest BCUT2D eigenvalue weighted by molar-refractivity contribution is -0.662. The Labute approximate surface area is 216 Å². The number of nitrogens with one attached hydrogen (secondary N) is 1. The maximum Gasteiger partial charge on any atom is 0.352 e. The molecule has 1 fully saturated rings. The molecular weight excluding hydrogens is 527 g/mol. The number of hydrogen-bond acceptors (Lipinski definition) is 10. The van der Waals surface area contributed by atoms with Crippen LogP contribution in [0.15, 0.2) is 53.2 Å². The molecule has 192 valence electrons. The van der Waals surface area contributed by atoms with Crippen molar-refractivity contribution in [3.05, 3.63) is 53.9 Å². The Bertz CT molecular complexity index is 1450. The molecule has 2 aliphatic rings. The van der Waals surface area contributed by atoms with Crippen LogP contribution in [0.3, 0.4) is 0 Å². The number of carbonyl (C=O) groups excluding carboxylic acids is 2. The van der Waals surface area contributed by atoms with Crippen molar-refractivity contribution >= 4 is 57.6 Å². The fraction of sp³-hybridized carbons (Fsp3) is 0.286. The van der Waals surface area contributed by atoms with Crippen molar-refractivity contribution in [2.24, 2.45) is 5.16 Å². The third-order valence-electron chi connectivity index (χ3n) is 5.66. The molecular formula is C21H20FN8O5S2+. The van der Waals surface area contributed by atoms with E-state index in [9.17, 15) is 23.9 Å². The zero-order chi connectivity index (χ0) is 26.1. The van der Waals surface area contributed by atoms with Crippen LogP contribution < -0.4 is 15.6 Å². The van der Waals surface area contributed by atoms with Gasteiger partial charge in [0.15, 0.2) is 5.13 Å². The number of alkyl halides is 1. The smallest absolute Gasteiger partial charge is 0.352 e. The first-order valence-electron chi connectivity index (χ1n) is 10.9. The minimum atomic E-state index is -1.23. The first-order valence-corrected chi connectivity index (χ1v) is 12.7. The molecule has 5 rings (SSSR count). The summed E-state index contributed by atoms with van der Waals surface area (Å²) >= 11 is 2.16. The van der Waals surface area contributed by atoms with Gasteiger partial charge in [0.1, 0.15) is 49.3 Å².